The summed E-state index contributed by atoms with van der Waals surface area (Å²) in [6, 6.07) is 0. The van der Waals surface area contributed by atoms with Crippen molar-refractivity contribution in [1.82, 2.24) is 5.06 Å². The Labute approximate surface area is 119 Å². The number of carbonyl (C=O) groups is 5. The summed E-state index contributed by atoms with van der Waals surface area (Å²) >= 11 is 0. The molecule has 1 atom stereocenters. The molecule has 0 aromatic heterocycles. The van der Waals surface area contributed by atoms with Crippen molar-refractivity contribution in [2.75, 3.05) is 0 Å². The highest BCUT2D eigenvalue weighted by Gasteiger charge is 2.32. The first-order valence-electron chi connectivity index (χ1n) is 6.30. The van der Waals surface area contributed by atoms with E-state index in [1.165, 1.54) is 0 Å². The van der Waals surface area contributed by atoms with Gasteiger partial charge in [0.25, 0.3) is 11.8 Å². The molecule has 1 N–H and O–H groups in total. The quantitative estimate of drug-likeness (QED) is 0.384. The number of aliphatic hydroxyl groups excluding tert-OH is 1. The maximum Gasteiger partial charge on any atom is 0.342 e. The highest BCUT2D eigenvalue weighted by atomic mass is 16.7. The molecule has 0 bridgehead atoms. The van der Waals surface area contributed by atoms with Gasteiger partial charge in [-0.3, -0.25) is 14.4 Å². The number of esters is 2. The number of hydrogen-bond donors (Lipinski definition) is 1. The molecule has 0 radical (unpaired) electrons. The summed E-state index contributed by atoms with van der Waals surface area (Å²) in [5.41, 5.74) is 0. The number of ether oxygens (including phenoxy) is 1. The van der Waals surface area contributed by atoms with Gasteiger partial charge in [0, 0.05) is 25.7 Å². The molecule has 116 valence electrons. The summed E-state index contributed by atoms with van der Waals surface area (Å²) in [5, 5.41) is 9.24. The van der Waals surface area contributed by atoms with E-state index >= 15 is 0 Å². The molecule has 0 spiro atoms. The molecular formula is C12H15NO8. The van der Waals surface area contributed by atoms with E-state index in [1.807, 2.05) is 0 Å². The van der Waals surface area contributed by atoms with E-state index in [1.54, 1.807) is 0 Å². The highest BCUT2D eigenvalue weighted by Crippen LogP contribution is 2.13. The van der Waals surface area contributed by atoms with Gasteiger partial charge in [-0.2, -0.15) is 0 Å². The van der Waals surface area contributed by atoms with Gasteiger partial charge in [0.15, 0.2) is 0 Å². The molecule has 1 aliphatic heterocycles. The van der Waals surface area contributed by atoms with Crippen LogP contribution in [0.2, 0.25) is 0 Å². The lowest BCUT2D eigenvalue weighted by Crippen LogP contribution is -2.32. The summed E-state index contributed by atoms with van der Waals surface area (Å²) in [6.45, 7) is 1.15. The maximum atomic E-state index is 11.4. The summed E-state index contributed by atoms with van der Waals surface area (Å²) in [5.74, 6) is -3.98. The van der Waals surface area contributed by atoms with Crippen LogP contribution in [0.25, 0.3) is 0 Å². The molecule has 1 rings (SSSR count). The molecule has 21 heavy (non-hydrogen) atoms. The summed E-state index contributed by atoms with van der Waals surface area (Å²) in [6.07, 6.45) is -1.86. The minimum absolute atomic E-state index is 0.000104. The van der Waals surface area contributed by atoms with Crippen LogP contribution in [0, 0.1) is 0 Å². The van der Waals surface area contributed by atoms with Crippen LogP contribution in [0.3, 0.4) is 0 Å². The fourth-order valence-electron chi connectivity index (χ4n) is 1.43. The van der Waals surface area contributed by atoms with Crippen LogP contribution in [-0.4, -0.2) is 46.0 Å². The summed E-state index contributed by atoms with van der Waals surface area (Å²) < 4.78 is 4.26. The maximum absolute atomic E-state index is 11.4. The van der Waals surface area contributed by atoms with Gasteiger partial charge in [-0.25, -0.2) is 9.59 Å². The molecule has 0 saturated carbocycles. The SMILES string of the molecule is CC(O)C(=O)OC(=O)CCCC(=O)ON1C(=O)CCC1=O. The second kappa shape index (κ2) is 7.48. The molecule has 1 fully saturated rings. The van der Waals surface area contributed by atoms with Gasteiger partial charge >= 0.3 is 17.9 Å². The van der Waals surface area contributed by atoms with Crippen molar-refractivity contribution in [3.05, 3.63) is 0 Å². The Hall–Kier alpha value is -2.29. The van der Waals surface area contributed by atoms with Gasteiger partial charge in [-0.1, -0.05) is 0 Å². The Bertz CT molecular complexity index is 454. The van der Waals surface area contributed by atoms with Crippen molar-refractivity contribution >= 4 is 29.7 Å². The largest absolute Gasteiger partial charge is 0.391 e. The molecule has 9 nitrogen and oxygen atoms in total. The van der Waals surface area contributed by atoms with E-state index in [2.05, 4.69) is 9.57 Å². The van der Waals surface area contributed by atoms with E-state index in [4.69, 9.17) is 5.11 Å². The van der Waals surface area contributed by atoms with E-state index in [9.17, 15) is 24.0 Å². The number of carbonyl (C=O) groups excluding carboxylic acids is 5. The molecule has 0 aromatic rings. The van der Waals surface area contributed by atoms with E-state index in [0.717, 1.165) is 6.92 Å². The molecule has 1 aliphatic rings. The van der Waals surface area contributed by atoms with Crippen molar-refractivity contribution in [2.45, 2.75) is 45.1 Å². The average Bonchev–Trinajstić information content (AvgIpc) is 2.70. The Morgan fingerprint density at radius 1 is 1.14 bits per heavy atom. The molecule has 9 heteroatoms. The second-order valence-electron chi connectivity index (χ2n) is 4.37. The van der Waals surface area contributed by atoms with E-state index < -0.39 is 35.8 Å². The minimum Gasteiger partial charge on any atom is -0.391 e. The number of hydrogen-bond acceptors (Lipinski definition) is 8. The van der Waals surface area contributed by atoms with Gasteiger partial charge in [-0.15, -0.1) is 5.06 Å². The highest BCUT2D eigenvalue weighted by molar-refractivity contribution is 6.01. The Balaban J connectivity index is 2.25. The Morgan fingerprint density at radius 3 is 2.19 bits per heavy atom. The van der Waals surface area contributed by atoms with E-state index in [0.29, 0.717) is 5.06 Å². The first-order valence-corrected chi connectivity index (χ1v) is 6.30. The molecule has 0 aliphatic carbocycles. The van der Waals surface area contributed by atoms with Crippen molar-refractivity contribution in [3.8, 4) is 0 Å². The fourth-order valence-corrected chi connectivity index (χ4v) is 1.43. The van der Waals surface area contributed by atoms with Crippen LogP contribution < -0.4 is 0 Å². The van der Waals surface area contributed by atoms with Crippen molar-refractivity contribution in [3.63, 3.8) is 0 Å². The fraction of sp³-hybridized carbons (Fsp3) is 0.583. The number of aliphatic hydroxyl groups is 1. The molecule has 1 unspecified atom stereocenters. The van der Waals surface area contributed by atoms with Crippen molar-refractivity contribution in [1.29, 1.82) is 0 Å². The second-order valence-corrected chi connectivity index (χ2v) is 4.37. The van der Waals surface area contributed by atoms with Crippen LogP contribution in [0.5, 0.6) is 0 Å². The van der Waals surface area contributed by atoms with Crippen LogP contribution in [0.15, 0.2) is 0 Å². The third-order valence-corrected chi connectivity index (χ3v) is 2.52. The first-order chi connectivity index (χ1) is 9.81. The average molecular weight is 301 g/mol. The van der Waals surface area contributed by atoms with Crippen LogP contribution in [-0.2, 0) is 33.5 Å². The topological polar surface area (TPSA) is 127 Å². The zero-order chi connectivity index (χ0) is 16.0. The predicted molar refractivity (Wildman–Crippen MR) is 63.8 cm³/mol. The number of rotatable bonds is 6. The number of imide groups is 1. The summed E-state index contributed by atoms with van der Waals surface area (Å²) in [4.78, 5) is 60.4. The predicted octanol–water partition coefficient (Wildman–Crippen LogP) is -0.786. The zero-order valence-corrected chi connectivity index (χ0v) is 11.4. The van der Waals surface area contributed by atoms with Crippen molar-refractivity contribution in [2.24, 2.45) is 0 Å². The van der Waals surface area contributed by atoms with Gasteiger partial charge in [0.05, 0.1) is 0 Å². The smallest absolute Gasteiger partial charge is 0.342 e. The number of amides is 2. The lowest BCUT2D eigenvalue weighted by atomic mass is 10.2. The molecule has 2 amide bonds. The minimum atomic E-state index is -1.41. The van der Waals surface area contributed by atoms with Gasteiger partial charge < -0.3 is 14.7 Å². The molecular weight excluding hydrogens is 286 g/mol. The van der Waals surface area contributed by atoms with Gasteiger partial charge in [0.1, 0.15) is 6.10 Å². The lowest BCUT2D eigenvalue weighted by Gasteiger charge is -2.12. The Morgan fingerprint density at radius 2 is 1.67 bits per heavy atom. The number of nitrogens with zero attached hydrogens (tertiary/aromatic N) is 1. The van der Waals surface area contributed by atoms with Crippen LogP contribution in [0.4, 0.5) is 0 Å². The van der Waals surface area contributed by atoms with Gasteiger partial charge in [-0.05, 0) is 13.3 Å². The number of hydroxylamine groups is 2. The third kappa shape index (κ3) is 5.30. The monoisotopic (exact) mass is 301 g/mol. The summed E-state index contributed by atoms with van der Waals surface area (Å²) in [7, 11) is 0. The zero-order valence-electron chi connectivity index (χ0n) is 11.4. The van der Waals surface area contributed by atoms with Crippen LogP contribution >= 0.6 is 0 Å². The molecule has 0 aromatic carbocycles. The van der Waals surface area contributed by atoms with E-state index in [-0.39, 0.29) is 32.1 Å². The lowest BCUT2D eigenvalue weighted by molar-refractivity contribution is -0.197. The normalized spacial score (nSPS) is 15.8. The standard InChI is InChI=1S/C12H15NO8/c1-7(14)12(19)20-10(17)3-2-4-11(18)21-13-8(15)5-6-9(13)16/h7,14H,2-6H2,1H3. The molecule has 1 heterocycles. The first kappa shape index (κ1) is 16.8. The van der Waals surface area contributed by atoms with Crippen LogP contribution in [0.1, 0.15) is 39.0 Å². The molecule has 1 saturated heterocycles. The Kier molecular flexibility index (Phi) is 5.97. The van der Waals surface area contributed by atoms with Crippen molar-refractivity contribution < 1.29 is 38.7 Å². The third-order valence-electron chi connectivity index (χ3n) is 2.52. The van der Waals surface area contributed by atoms with Gasteiger partial charge in [0.2, 0.25) is 0 Å².